The molecule has 7 nitrogen and oxygen atoms in total. The summed E-state index contributed by atoms with van der Waals surface area (Å²) in [5.74, 6) is -2.26. The summed E-state index contributed by atoms with van der Waals surface area (Å²) in [6, 6.07) is 6.41. The third kappa shape index (κ3) is 3.71. The molecule has 0 saturated carbocycles. The number of aromatic nitrogens is 1. The molecule has 158 valence electrons. The number of benzene rings is 1. The van der Waals surface area contributed by atoms with Crippen LogP contribution < -0.4 is 11.1 Å². The first-order valence-corrected chi connectivity index (χ1v) is 12.9. The van der Waals surface area contributed by atoms with Crippen molar-refractivity contribution in [1.82, 2.24) is 9.88 Å². The first-order chi connectivity index (χ1) is 13.3. The molecule has 4 atom stereocenters. The minimum absolute atomic E-state index is 0.0153. The molecule has 1 fully saturated rings. The van der Waals surface area contributed by atoms with Gasteiger partial charge in [-0.3, -0.25) is 9.59 Å². The van der Waals surface area contributed by atoms with Gasteiger partial charge in [-0.1, -0.05) is 39.8 Å². The maximum Gasteiger partial charge on any atom is 0.426 e. The van der Waals surface area contributed by atoms with E-state index in [9.17, 15) is 14.4 Å². The lowest BCUT2D eigenvalue weighted by molar-refractivity contribution is -0.141. The number of para-hydroxylation sites is 2. The van der Waals surface area contributed by atoms with Crippen molar-refractivity contribution in [2.45, 2.75) is 64.9 Å². The van der Waals surface area contributed by atoms with Gasteiger partial charge in [0.1, 0.15) is 0 Å². The zero-order valence-corrected chi connectivity index (χ0v) is 19.1. The van der Waals surface area contributed by atoms with E-state index >= 15 is 0 Å². The molecule has 1 aromatic heterocycles. The maximum absolute atomic E-state index is 13.1. The molecule has 1 saturated heterocycles. The molecule has 2 aromatic rings. The molecule has 0 radical (unpaired) electrons. The van der Waals surface area contributed by atoms with Crippen molar-refractivity contribution in [3.05, 3.63) is 34.8 Å². The first kappa shape index (κ1) is 21.5. The summed E-state index contributed by atoms with van der Waals surface area (Å²) in [5.41, 5.74) is 0.795. The van der Waals surface area contributed by atoms with Crippen molar-refractivity contribution in [3.63, 3.8) is 0 Å². The van der Waals surface area contributed by atoms with Gasteiger partial charge in [0.15, 0.2) is 13.9 Å². The lowest BCUT2D eigenvalue weighted by Crippen LogP contribution is -2.67. The topological polar surface area (TPSA) is 90.5 Å². The van der Waals surface area contributed by atoms with Crippen LogP contribution >= 0.6 is 0 Å². The molecular formula is C21H30N2O5Si. The second kappa shape index (κ2) is 7.25. The number of nitrogens with one attached hydrogen (secondary N) is 1. The highest BCUT2D eigenvalue weighted by atomic mass is 28.4. The van der Waals surface area contributed by atoms with E-state index in [-0.39, 0.29) is 17.0 Å². The van der Waals surface area contributed by atoms with E-state index in [1.807, 2.05) is 6.92 Å². The largest absolute Gasteiger partial charge is 0.426 e. The SMILES string of the molecule is C[C@H](C(=O)n1c(=O)oc2ccccc21)[C@H]1NC(=O)[C@@H]1[C@@H](C)O[Si](C)(C)C(C)(C)C. The van der Waals surface area contributed by atoms with Crippen LogP contribution in [0.3, 0.4) is 0 Å². The van der Waals surface area contributed by atoms with Crippen LogP contribution in [-0.2, 0) is 9.22 Å². The molecule has 8 heteroatoms. The molecule has 0 unspecified atom stereocenters. The number of oxazole rings is 1. The molecule has 1 N–H and O–H groups in total. The van der Waals surface area contributed by atoms with Crippen molar-refractivity contribution in [1.29, 1.82) is 0 Å². The molecule has 29 heavy (non-hydrogen) atoms. The van der Waals surface area contributed by atoms with Gasteiger partial charge in [0.05, 0.1) is 29.5 Å². The second-order valence-electron chi connectivity index (χ2n) is 9.44. The lowest BCUT2D eigenvalue weighted by atomic mass is 9.78. The van der Waals surface area contributed by atoms with Crippen LogP contribution in [-0.4, -0.2) is 36.8 Å². The summed E-state index contributed by atoms with van der Waals surface area (Å²) in [6.07, 6.45) is -0.317. The number of nitrogens with zero attached hydrogens (tertiary/aromatic N) is 1. The average molecular weight is 419 g/mol. The van der Waals surface area contributed by atoms with E-state index in [2.05, 4.69) is 39.2 Å². The van der Waals surface area contributed by atoms with E-state index < -0.39 is 37.9 Å². The Morgan fingerprint density at radius 3 is 2.41 bits per heavy atom. The van der Waals surface area contributed by atoms with Crippen LogP contribution in [0.4, 0.5) is 0 Å². The number of fused-ring (bicyclic) bond motifs is 1. The third-order valence-electron chi connectivity index (χ3n) is 6.43. The smallest absolute Gasteiger partial charge is 0.413 e. The van der Waals surface area contributed by atoms with Crippen molar-refractivity contribution < 1.29 is 18.4 Å². The molecular weight excluding hydrogens is 388 g/mol. The van der Waals surface area contributed by atoms with Crippen molar-refractivity contribution in [3.8, 4) is 0 Å². The van der Waals surface area contributed by atoms with E-state index in [0.717, 1.165) is 4.57 Å². The highest BCUT2D eigenvalue weighted by Gasteiger charge is 2.50. The zero-order chi connectivity index (χ0) is 21.7. The Morgan fingerprint density at radius 1 is 1.21 bits per heavy atom. The number of rotatable bonds is 5. The van der Waals surface area contributed by atoms with Crippen LogP contribution in [0.5, 0.6) is 0 Å². The predicted octanol–water partition coefficient (Wildman–Crippen LogP) is 3.40. The van der Waals surface area contributed by atoms with Gasteiger partial charge >= 0.3 is 5.76 Å². The summed E-state index contributed by atoms with van der Waals surface area (Å²) in [7, 11) is -2.07. The predicted molar refractivity (Wildman–Crippen MR) is 113 cm³/mol. The highest BCUT2D eigenvalue weighted by molar-refractivity contribution is 6.74. The Kier molecular flexibility index (Phi) is 5.38. The summed E-state index contributed by atoms with van der Waals surface area (Å²) < 4.78 is 12.6. The van der Waals surface area contributed by atoms with Crippen molar-refractivity contribution in [2.24, 2.45) is 11.8 Å². The van der Waals surface area contributed by atoms with E-state index in [1.165, 1.54) is 0 Å². The average Bonchev–Trinajstić information content (AvgIpc) is 2.92. The molecule has 0 spiro atoms. The monoisotopic (exact) mass is 418 g/mol. The standard InChI is InChI=1S/C21H30N2O5Si/c1-12(19(25)23-14-10-8-9-11-15(14)27-20(23)26)17-16(18(24)22-17)13(2)28-29(6,7)21(3,4)5/h8-13,16-17H,1-7H3,(H,22,24)/t12-,13+,16+,17+/m0/s1. The van der Waals surface area contributed by atoms with E-state index in [1.54, 1.807) is 31.2 Å². The fourth-order valence-corrected chi connectivity index (χ4v) is 5.03. The van der Waals surface area contributed by atoms with Crippen LogP contribution in [0.1, 0.15) is 39.4 Å². The number of carbonyl (C=O) groups is 2. The quantitative estimate of drug-likeness (QED) is 0.594. The zero-order valence-electron chi connectivity index (χ0n) is 18.1. The molecule has 2 heterocycles. The molecule has 1 amide bonds. The number of amides is 1. The second-order valence-corrected chi connectivity index (χ2v) is 14.2. The summed E-state index contributed by atoms with van der Waals surface area (Å²) >= 11 is 0. The lowest BCUT2D eigenvalue weighted by Gasteiger charge is -2.46. The van der Waals surface area contributed by atoms with Crippen LogP contribution in [0, 0.1) is 11.8 Å². The molecule has 0 aliphatic carbocycles. The molecule has 1 aliphatic rings. The van der Waals surface area contributed by atoms with Gasteiger partial charge < -0.3 is 14.2 Å². The Bertz CT molecular complexity index is 1000. The molecule has 1 aromatic carbocycles. The van der Waals surface area contributed by atoms with Crippen molar-refractivity contribution >= 4 is 31.2 Å². The van der Waals surface area contributed by atoms with Crippen LogP contribution in [0.2, 0.25) is 18.1 Å². The van der Waals surface area contributed by atoms with Gasteiger partial charge in [-0.15, -0.1) is 0 Å². The fraction of sp³-hybridized carbons (Fsp3) is 0.571. The Hall–Kier alpha value is -2.19. The van der Waals surface area contributed by atoms with Gasteiger partial charge in [-0.2, -0.15) is 0 Å². The number of carbonyl (C=O) groups excluding carboxylic acids is 2. The van der Waals surface area contributed by atoms with Gasteiger partial charge in [0.2, 0.25) is 11.8 Å². The van der Waals surface area contributed by atoms with Gasteiger partial charge in [0, 0.05) is 0 Å². The van der Waals surface area contributed by atoms with Gasteiger partial charge in [-0.25, -0.2) is 9.36 Å². The Morgan fingerprint density at radius 2 is 1.83 bits per heavy atom. The van der Waals surface area contributed by atoms with Gasteiger partial charge in [0.25, 0.3) is 0 Å². The minimum Gasteiger partial charge on any atom is -0.413 e. The fourth-order valence-electron chi connectivity index (χ4n) is 3.61. The molecule has 0 bridgehead atoms. The van der Waals surface area contributed by atoms with Crippen LogP contribution in [0.25, 0.3) is 11.1 Å². The van der Waals surface area contributed by atoms with Crippen molar-refractivity contribution in [2.75, 3.05) is 0 Å². The summed E-state index contributed by atoms with van der Waals surface area (Å²) in [4.78, 5) is 37.7. The Labute approximate surface area is 171 Å². The summed E-state index contributed by atoms with van der Waals surface area (Å²) in [6.45, 7) is 14.3. The van der Waals surface area contributed by atoms with E-state index in [4.69, 9.17) is 8.84 Å². The first-order valence-electron chi connectivity index (χ1n) is 9.98. The highest BCUT2D eigenvalue weighted by Crippen LogP contribution is 2.39. The normalized spacial score (nSPS) is 22.1. The summed E-state index contributed by atoms with van der Waals surface area (Å²) in [5, 5.41) is 2.85. The molecule has 1 aliphatic heterocycles. The number of β-lactam (4-membered cyclic amide) rings is 1. The minimum atomic E-state index is -2.07. The third-order valence-corrected chi connectivity index (χ3v) is 11.0. The maximum atomic E-state index is 13.1. The Balaban J connectivity index is 1.83. The number of hydrogen-bond acceptors (Lipinski definition) is 5. The van der Waals surface area contributed by atoms with Gasteiger partial charge in [-0.05, 0) is 37.2 Å². The molecule has 3 rings (SSSR count). The number of hydrogen-bond donors (Lipinski definition) is 1. The van der Waals surface area contributed by atoms with E-state index in [0.29, 0.717) is 11.1 Å². The van der Waals surface area contributed by atoms with Crippen LogP contribution in [0.15, 0.2) is 33.5 Å².